The summed E-state index contributed by atoms with van der Waals surface area (Å²) < 4.78 is 5.26. The van der Waals surface area contributed by atoms with E-state index in [2.05, 4.69) is 9.97 Å². The molecule has 0 saturated carbocycles. The van der Waals surface area contributed by atoms with Crippen LogP contribution in [0.3, 0.4) is 0 Å². The minimum Gasteiger partial charge on any atom is -0.444 e. The first kappa shape index (κ1) is 13.3. The molecule has 0 radical (unpaired) electrons. The van der Waals surface area contributed by atoms with E-state index in [0.717, 1.165) is 0 Å². The lowest BCUT2D eigenvalue weighted by atomic mass is 10.00. The van der Waals surface area contributed by atoms with Gasteiger partial charge >= 0.3 is 6.09 Å². The van der Waals surface area contributed by atoms with Crippen molar-refractivity contribution in [3.63, 3.8) is 0 Å². The fourth-order valence-electron chi connectivity index (χ4n) is 1.75. The summed E-state index contributed by atoms with van der Waals surface area (Å²) >= 11 is 0. The molecule has 1 aromatic heterocycles. The Morgan fingerprint density at radius 1 is 1.53 bits per heavy atom. The Hall–Kier alpha value is -2.16. The van der Waals surface area contributed by atoms with Crippen LogP contribution in [0.15, 0.2) is 12.3 Å². The van der Waals surface area contributed by atoms with Gasteiger partial charge in [-0.25, -0.2) is 14.8 Å². The second-order valence-corrected chi connectivity index (χ2v) is 5.49. The van der Waals surface area contributed by atoms with E-state index in [1.165, 1.54) is 0 Å². The number of aromatic nitrogens is 2. The maximum atomic E-state index is 11.8. The van der Waals surface area contributed by atoms with Crippen molar-refractivity contribution in [3.8, 4) is 6.07 Å². The standard InChI is InChI=1S/C13H16N4O2/c1-13(2,3)19-12(18)17-7-9(8-17)11-15-5-4-10(6-14)16-11/h4-5,9H,7-8H2,1-3H3. The quantitative estimate of drug-likeness (QED) is 0.767. The highest BCUT2D eigenvalue weighted by Crippen LogP contribution is 2.26. The van der Waals surface area contributed by atoms with Crippen molar-refractivity contribution < 1.29 is 9.53 Å². The molecule has 6 nitrogen and oxygen atoms in total. The van der Waals surface area contributed by atoms with Crippen LogP contribution < -0.4 is 0 Å². The van der Waals surface area contributed by atoms with Crippen LogP contribution in [-0.2, 0) is 4.74 Å². The van der Waals surface area contributed by atoms with Crippen LogP contribution in [0.1, 0.15) is 38.2 Å². The number of likely N-dealkylation sites (tertiary alicyclic amines) is 1. The third kappa shape index (κ3) is 3.19. The first-order valence-corrected chi connectivity index (χ1v) is 6.10. The molecule has 1 amide bonds. The smallest absolute Gasteiger partial charge is 0.410 e. The average molecular weight is 260 g/mol. The van der Waals surface area contributed by atoms with Crippen molar-refractivity contribution in [3.05, 3.63) is 23.8 Å². The lowest BCUT2D eigenvalue weighted by molar-refractivity contribution is 0.00752. The Morgan fingerprint density at radius 2 is 2.21 bits per heavy atom. The Bertz CT molecular complexity index is 524. The summed E-state index contributed by atoms with van der Waals surface area (Å²) in [6, 6.07) is 3.54. The summed E-state index contributed by atoms with van der Waals surface area (Å²) in [6.07, 6.45) is 1.25. The van der Waals surface area contributed by atoms with Crippen LogP contribution in [0.25, 0.3) is 0 Å². The van der Waals surface area contributed by atoms with Crippen molar-refractivity contribution in [2.24, 2.45) is 0 Å². The zero-order valence-electron chi connectivity index (χ0n) is 11.3. The van der Waals surface area contributed by atoms with Gasteiger partial charge in [-0.1, -0.05) is 0 Å². The molecule has 0 atom stereocenters. The van der Waals surface area contributed by atoms with Crippen LogP contribution in [0.2, 0.25) is 0 Å². The molecule has 0 aromatic carbocycles. The van der Waals surface area contributed by atoms with Crippen molar-refractivity contribution in [2.45, 2.75) is 32.3 Å². The largest absolute Gasteiger partial charge is 0.444 e. The molecule has 0 N–H and O–H groups in total. The predicted octanol–water partition coefficient (Wildman–Crippen LogP) is 1.68. The molecule has 1 aromatic rings. The van der Waals surface area contributed by atoms with E-state index in [0.29, 0.717) is 24.6 Å². The van der Waals surface area contributed by atoms with Crippen molar-refractivity contribution in [2.75, 3.05) is 13.1 Å². The summed E-state index contributed by atoms with van der Waals surface area (Å²) in [6.45, 7) is 6.57. The van der Waals surface area contributed by atoms with Gasteiger partial charge in [0.2, 0.25) is 0 Å². The predicted molar refractivity (Wildman–Crippen MR) is 67.3 cm³/mol. The lowest BCUT2D eigenvalue weighted by Crippen LogP contribution is -2.50. The summed E-state index contributed by atoms with van der Waals surface area (Å²) in [4.78, 5) is 21.6. The van der Waals surface area contributed by atoms with Crippen LogP contribution >= 0.6 is 0 Å². The van der Waals surface area contributed by atoms with Gasteiger partial charge in [0, 0.05) is 19.3 Å². The molecule has 6 heteroatoms. The fraction of sp³-hybridized carbons (Fsp3) is 0.538. The number of rotatable bonds is 1. The molecule has 0 unspecified atom stereocenters. The zero-order valence-corrected chi connectivity index (χ0v) is 11.3. The van der Waals surface area contributed by atoms with Crippen molar-refractivity contribution in [1.82, 2.24) is 14.9 Å². The van der Waals surface area contributed by atoms with E-state index in [1.54, 1.807) is 17.2 Å². The van der Waals surface area contributed by atoms with Gasteiger partial charge in [0.05, 0.1) is 5.92 Å². The van der Waals surface area contributed by atoms with Crippen LogP contribution in [0.5, 0.6) is 0 Å². The average Bonchev–Trinajstić information content (AvgIpc) is 2.25. The van der Waals surface area contributed by atoms with Crippen molar-refractivity contribution in [1.29, 1.82) is 5.26 Å². The maximum Gasteiger partial charge on any atom is 0.410 e. The molecule has 2 heterocycles. The highest BCUT2D eigenvalue weighted by Gasteiger charge is 2.36. The highest BCUT2D eigenvalue weighted by molar-refractivity contribution is 5.69. The molecular formula is C13H16N4O2. The molecule has 1 fully saturated rings. The van der Waals surface area contributed by atoms with E-state index in [4.69, 9.17) is 10.00 Å². The third-order valence-corrected chi connectivity index (χ3v) is 2.69. The van der Waals surface area contributed by atoms with Crippen LogP contribution in [0, 0.1) is 11.3 Å². The molecule has 1 saturated heterocycles. The normalized spacial score (nSPS) is 15.6. The zero-order chi connectivity index (χ0) is 14.0. The number of hydrogen-bond donors (Lipinski definition) is 0. The van der Waals surface area contributed by atoms with Gasteiger partial charge in [0.25, 0.3) is 0 Å². The molecule has 1 aliphatic rings. The van der Waals surface area contributed by atoms with Gasteiger partial charge in [0.1, 0.15) is 23.2 Å². The van der Waals surface area contributed by atoms with Gasteiger partial charge in [-0.2, -0.15) is 5.26 Å². The molecule has 19 heavy (non-hydrogen) atoms. The molecule has 2 rings (SSSR count). The van der Waals surface area contributed by atoms with E-state index >= 15 is 0 Å². The molecule has 0 bridgehead atoms. The number of amides is 1. The molecule has 100 valence electrons. The number of ether oxygens (including phenoxy) is 1. The first-order valence-electron chi connectivity index (χ1n) is 6.10. The van der Waals surface area contributed by atoms with E-state index < -0.39 is 5.60 Å². The van der Waals surface area contributed by atoms with E-state index in [-0.39, 0.29) is 12.0 Å². The number of nitrogens with zero attached hydrogens (tertiary/aromatic N) is 4. The van der Waals surface area contributed by atoms with Crippen molar-refractivity contribution >= 4 is 6.09 Å². The Labute approximate surface area is 112 Å². The second-order valence-electron chi connectivity index (χ2n) is 5.49. The summed E-state index contributed by atoms with van der Waals surface area (Å²) in [5.74, 6) is 0.694. The Balaban J connectivity index is 1.93. The Morgan fingerprint density at radius 3 is 2.79 bits per heavy atom. The number of carbonyl (C=O) groups excluding carboxylic acids is 1. The molecule has 0 aliphatic carbocycles. The maximum absolute atomic E-state index is 11.8. The van der Waals surface area contributed by atoms with Gasteiger partial charge in [-0.05, 0) is 26.8 Å². The lowest BCUT2D eigenvalue weighted by Gasteiger charge is -2.38. The summed E-state index contributed by atoms with van der Waals surface area (Å²) in [5.41, 5.74) is -0.139. The van der Waals surface area contributed by atoms with Gasteiger partial charge in [-0.3, -0.25) is 0 Å². The SMILES string of the molecule is CC(C)(C)OC(=O)N1CC(c2nccc(C#N)n2)C1. The highest BCUT2D eigenvalue weighted by atomic mass is 16.6. The third-order valence-electron chi connectivity index (χ3n) is 2.69. The van der Waals surface area contributed by atoms with Crippen LogP contribution in [-0.4, -0.2) is 39.7 Å². The number of nitriles is 1. The van der Waals surface area contributed by atoms with Crippen LogP contribution in [0.4, 0.5) is 4.79 Å². The molecule has 1 aliphatic heterocycles. The second kappa shape index (κ2) is 4.84. The topological polar surface area (TPSA) is 79.1 Å². The Kier molecular flexibility index (Phi) is 3.38. The van der Waals surface area contributed by atoms with E-state index in [9.17, 15) is 4.79 Å². The van der Waals surface area contributed by atoms with E-state index in [1.807, 2.05) is 26.8 Å². The monoisotopic (exact) mass is 260 g/mol. The first-order chi connectivity index (χ1) is 8.89. The number of hydrogen-bond acceptors (Lipinski definition) is 5. The fourth-order valence-corrected chi connectivity index (χ4v) is 1.75. The van der Waals surface area contributed by atoms with Gasteiger partial charge in [-0.15, -0.1) is 0 Å². The van der Waals surface area contributed by atoms with Gasteiger partial charge in [0.15, 0.2) is 0 Å². The summed E-state index contributed by atoms with van der Waals surface area (Å²) in [7, 11) is 0. The minimum atomic E-state index is -0.487. The number of carbonyl (C=O) groups is 1. The summed E-state index contributed by atoms with van der Waals surface area (Å²) in [5, 5.41) is 8.78. The van der Waals surface area contributed by atoms with Gasteiger partial charge < -0.3 is 9.64 Å². The minimum absolute atomic E-state index is 0.0841. The molecular weight excluding hydrogens is 244 g/mol. The molecule has 0 spiro atoms.